The van der Waals surface area contributed by atoms with Gasteiger partial charge in [0, 0.05) is 23.7 Å². The number of carbonyl (C=O) groups is 1. The van der Waals surface area contributed by atoms with Gasteiger partial charge in [0.1, 0.15) is 5.75 Å². The van der Waals surface area contributed by atoms with Gasteiger partial charge < -0.3 is 10.1 Å². The Morgan fingerprint density at radius 2 is 1.70 bits per heavy atom. The van der Waals surface area contributed by atoms with Crippen LogP contribution in [0.1, 0.15) is 6.42 Å². The Kier molecular flexibility index (Phi) is 6.97. The number of anilines is 2. The second-order valence-corrected chi connectivity index (χ2v) is 8.70. The Bertz CT molecular complexity index is 1100. The van der Waals surface area contributed by atoms with Gasteiger partial charge in [-0.2, -0.15) is 0 Å². The summed E-state index contributed by atoms with van der Waals surface area (Å²) in [6.45, 7) is -0.0418. The highest BCUT2D eigenvalue weighted by atomic mass is 35.5. The number of benzene rings is 3. The van der Waals surface area contributed by atoms with Crippen LogP contribution in [0.3, 0.4) is 0 Å². The molecule has 8 heteroatoms. The quantitative estimate of drug-likeness (QED) is 0.552. The molecule has 0 bridgehead atoms. The van der Waals surface area contributed by atoms with Crippen LogP contribution in [-0.4, -0.2) is 28.0 Å². The summed E-state index contributed by atoms with van der Waals surface area (Å²) < 4.78 is 33.0. The summed E-state index contributed by atoms with van der Waals surface area (Å²) in [6.07, 6.45) is -0.0271. The number of halogens is 1. The summed E-state index contributed by atoms with van der Waals surface area (Å²) in [5.74, 6) is 0.307. The second kappa shape index (κ2) is 9.65. The zero-order valence-corrected chi connectivity index (χ0v) is 17.9. The normalized spacial score (nSPS) is 11.0. The predicted octanol–water partition coefficient (Wildman–Crippen LogP) is 4.57. The Balaban J connectivity index is 1.86. The van der Waals surface area contributed by atoms with E-state index >= 15 is 0 Å². The van der Waals surface area contributed by atoms with Gasteiger partial charge in [-0.05, 0) is 54.6 Å². The Hall–Kier alpha value is -3.03. The molecule has 30 heavy (non-hydrogen) atoms. The Labute approximate surface area is 181 Å². The third-order valence-corrected chi connectivity index (χ3v) is 6.40. The van der Waals surface area contributed by atoms with Crippen LogP contribution in [-0.2, 0) is 14.8 Å². The monoisotopic (exact) mass is 444 g/mol. The van der Waals surface area contributed by atoms with Gasteiger partial charge in [-0.25, -0.2) is 8.42 Å². The maximum absolute atomic E-state index is 13.3. The number of rotatable bonds is 8. The van der Waals surface area contributed by atoms with Crippen molar-refractivity contribution in [2.75, 3.05) is 23.3 Å². The maximum atomic E-state index is 13.3. The van der Waals surface area contributed by atoms with Crippen molar-refractivity contribution in [3.63, 3.8) is 0 Å². The van der Waals surface area contributed by atoms with Gasteiger partial charge in [-0.1, -0.05) is 35.9 Å². The fourth-order valence-corrected chi connectivity index (χ4v) is 4.61. The topological polar surface area (TPSA) is 75.7 Å². The highest BCUT2D eigenvalue weighted by Crippen LogP contribution is 2.27. The number of amides is 1. The van der Waals surface area contributed by atoms with Crippen molar-refractivity contribution in [1.29, 1.82) is 0 Å². The minimum Gasteiger partial charge on any atom is -0.497 e. The minimum atomic E-state index is -3.94. The molecular formula is C22H21ClN2O4S. The number of nitrogens with zero attached hydrogens (tertiary/aromatic N) is 1. The average molecular weight is 445 g/mol. The van der Waals surface area contributed by atoms with Gasteiger partial charge in [0.05, 0.1) is 17.7 Å². The van der Waals surface area contributed by atoms with Crippen molar-refractivity contribution in [3.05, 3.63) is 83.9 Å². The van der Waals surface area contributed by atoms with E-state index in [0.717, 1.165) is 0 Å². The highest BCUT2D eigenvalue weighted by Gasteiger charge is 2.26. The largest absolute Gasteiger partial charge is 0.497 e. The van der Waals surface area contributed by atoms with Gasteiger partial charge in [-0.3, -0.25) is 9.10 Å². The van der Waals surface area contributed by atoms with Crippen LogP contribution < -0.4 is 14.4 Å². The van der Waals surface area contributed by atoms with Gasteiger partial charge in [0.15, 0.2) is 0 Å². The maximum Gasteiger partial charge on any atom is 0.264 e. The van der Waals surface area contributed by atoms with E-state index in [1.165, 1.54) is 23.5 Å². The van der Waals surface area contributed by atoms with Crippen LogP contribution >= 0.6 is 11.6 Å². The fraction of sp³-hybridized carbons (Fsp3) is 0.136. The lowest BCUT2D eigenvalue weighted by molar-refractivity contribution is -0.116. The zero-order valence-electron chi connectivity index (χ0n) is 16.3. The number of sulfonamides is 1. The van der Waals surface area contributed by atoms with Crippen molar-refractivity contribution in [2.45, 2.75) is 11.3 Å². The molecule has 0 aromatic heterocycles. The molecular weight excluding hydrogens is 424 g/mol. The number of hydrogen-bond donors (Lipinski definition) is 1. The van der Waals surface area contributed by atoms with Crippen LogP contribution in [0.4, 0.5) is 11.4 Å². The molecule has 0 aliphatic rings. The van der Waals surface area contributed by atoms with E-state index in [4.69, 9.17) is 16.3 Å². The molecule has 6 nitrogen and oxygen atoms in total. The molecule has 0 saturated heterocycles. The molecule has 1 amide bonds. The van der Waals surface area contributed by atoms with Gasteiger partial charge in [0.25, 0.3) is 10.0 Å². The third kappa shape index (κ3) is 5.31. The number of hydrogen-bond acceptors (Lipinski definition) is 4. The van der Waals surface area contributed by atoms with E-state index < -0.39 is 10.0 Å². The molecule has 0 spiro atoms. The molecule has 0 radical (unpaired) electrons. The standard InChI is InChI=1S/C22H21ClN2O4S/c1-29-20-12-10-19(11-13-20)25(30(27,28)21-9-5-6-17(23)16-21)15-14-22(26)24-18-7-3-2-4-8-18/h2-13,16H,14-15H2,1H3,(H,24,26). The zero-order chi connectivity index (χ0) is 21.6. The molecule has 0 atom stereocenters. The summed E-state index contributed by atoms with van der Waals surface area (Å²) in [5.41, 5.74) is 1.07. The van der Waals surface area contributed by atoms with Crippen LogP contribution in [0, 0.1) is 0 Å². The number of methoxy groups -OCH3 is 1. The minimum absolute atomic E-state index is 0.0271. The van der Waals surface area contributed by atoms with Crippen LogP contribution in [0.15, 0.2) is 83.8 Å². The summed E-state index contributed by atoms with van der Waals surface area (Å²) >= 11 is 6.00. The third-order valence-electron chi connectivity index (χ3n) is 4.34. The Morgan fingerprint density at radius 3 is 2.33 bits per heavy atom. The SMILES string of the molecule is COc1ccc(N(CCC(=O)Nc2ccccc2)S(=O)(=O)c2cccc(Cl)c2)cc1. The fourth-order valence-electron chi connectivity index (χ4n) is 2.84. The highest BCUT2D eigenvalue weighted by molar-refractivity contribution is 7.92. The smallest absolute Gasteiger partial charge is 0.264 e. The molecule has 0 aliphatic carbocycles. The molecule has 156 valence electrons. The molecule has 0 saturated carbocycles. The molecule has 0 aliphatic heterocycles. The van der Waals surface area contributed by atoms with Crippen molar-refractivity contribution >= 4 is 38.9 Å². The first-order valence-electron chi connectivity index (χ1n) is 9.17. The number of carbonyl (C=O) groups excluding carboxylic acids is 1. The van der Waals surface area contributed by atoms with Crippen LogP contribution in [0.25, 0.3) is 0 Å². The molecule has 1 N–H and O–H groups in total. The number of para-hydroxylation sites is 1. The molecule has 0 fully saturated rings. The van der Waals surface area contributed by atoms with Gasteiger partial charge in [0.2, 0.25) is 5.91 Å². The van der Waals surface area contributed by atoms with E-state index in [9.17, 15) is 13.2 Å². The second-order valence-electron chi connectivity index (χ2n) is 6.40. The lowest BCUT2D eigenvalue weighted by atomic mass is 10.3. The van der Waals surface area contributed by atoms with Crippen LogP contribution in [0.2, 0.25) is 5.02 Å². The van der Waals surface area contributed by atoms with E-state index in [1.807, 2.05) is 18.2 Å². The summed E-state index contributed by atoms with van der Waals surface area (Å²) in [7, 11) is -2.41. The first kappa shape index (κ1) is 21.7. The van der Waals surface area contributed by atoms with Crippen molar-refractivity contribution in [3.8, 4) is 5.75 Å². The molecule has 0 heterocycles. The number of nitrogens with one attached hydrogen (secondary N) is 1. The van der Waals surface area contributed by atoms with Gasteiger partial charge in [-0.15, -0.1) is 0 Å². The van der Waals surface area contributed by atoms with Crippen molar-refractivity contribution in [1.82, 2.24) is 0 Å². The summed E-state index contributed by atoms with van der Waals surface area (Å²) in [4.78, 5) is 12.4. The average Bonchev–Trinajstić information content (AvgIpc) is 2.75. The Morgan fingerprint density at radius 1 is 1.00 bits per heavy atom. The van der Waals surface area contributed by atoms with Crippen molar-refractivity contribution < 1.29 is 17.9 Å². The first-order chi connectivity index (χ1) is 14.4. The van der Waals surface area contributed by atoms with E-state index in [-0.39, 0.29) is 23.8 Å². The molecule has 3 aromatic carbocycles. The first-order valence-corrected chi connectivity index (χ1v) is 11.0. The summed E-state index contributed by atoms with van der Waals surface area (Å²) in [6, 6.07) is 21.6. The van der Waals surface area contributed by atoms with Crippen LogP contribution in [0.5, 0.6) is 5.75 Å². The number of ether oxygens (including phenoxy) is 1. The lowest BCUT2D eigenvalue weighted by Gasteiger charge is -2.24. The van der Waals surface area contributed by atoms with E-state index in [0.29, 0.717) is 22.1 Å². The van der Waals surface area contributed by atoms with E-state index in [1.54, 1.807) is 48.5 Å². The lowest BCUT2D eigenvalue weighted by Crippen LogP contribution is -2.34. The summed E-state index contributed by atoms with van der Waals surface area (Å²) in [5, 5.41) is 3.08. The van der Waals surface area contributed by atoms with E-state index in [2.05, 4.69) is 5.32 Å². The molecule has 0 unspecified atom stereocenters. The molecule has 3 rings (SSSR count). The molecule has 3 aromatic rings. The van der Waals surface area contributed by atoms with Gasteiger partial charge >= 0.3 is 0 Å². The van der Waals surface area contributed by atoms with Crippen molar-refractivity contribution in [2.24, 2.45) is 0 Å². The predicted molar refractivity (Wildman–Crippen MR) is 119 cm³/mol.